The largest absolute Gasteiger partial charge is 0.364 e. The van der Waals surface area contributed by atoms with Crippen molar-refractivity contribution in [3.63, 3.8) is 0 Å². The van der Waals surface area contributed by atoms with Crippen LogP contribution in [0.4, 0.5) is 5.69 Å². The van der Waals surface area contributed by atoms with Crippen molar-refractivity contribution in [2.45, 2.75) is 30.8 Å². The van der Waals surface area contributed by atoms with Crippen molar-refractivity contribution in [3.8, 4) is 6.07 Å². The smallest absolute Gasteiger partial charge is 0.241 e. The predicted octanol–water partition coefficient (Wildman–Crippen LogP) is 2.57. The van der Waals surface area contributed by atoms with Gasteiger partial charge in [0, 0.05) is 36.9 Å². The van der Waals surface area contributed by atoms with Gasteiger partial charge in [0.15, 0.2) is 0 Å². The Balaban J connectivity index is 1.66. The Morgan fingerprint density at radius 2 is 2.21 bits per heavy atom. The third-order valence-corrected chi connectivity index (χ3v) is 7.82. The molecule has 1 unspecified atom stereocenters. The number of imidazole rings is 1. The molecule has 0 spiro atoms. The summed E-state index contributed by atoms with van der Waals surface area (Å²) >= 11 is 1.38. The van der Waals surface area contributed by atoms with Crippen LogP contribution in [0.15, 0.2) is 46.4 Å². The van der Waals surface area contributed by atoms with Crippen molar-refractivity contribution in [1.29, 1.82) is 5.26 Å². The molecule has 3 heterocycles. The first kappa shape index (κ1) is 19.6. The first-order chi connectivity index (χ1) is 13.9. The number of thiophene rings is 1. The Hall–Kier alpha value is -2.67. The molecule has 0 amide bonds. The number of nitrogens with zero attached hydrogens (tertiary/aromatic N) is 4. The van der Waals surface area contributed by atoms with Crippen LogP contribution in [0.2, 0.25) is 0 Å². The van der Waals surface area contributed by atoms with Gasteiger partial charge in [-0.05, 0) is 48.1 Å². The molecule has 3 aromatic rings. The molecule has 1 atom stereocenters. The van der Waals surface area contributed by atoms with Gasteiger partial charge < -0.3 is 9.47 Å². The molecular weight excluding hydrogens is 406 g/mol. The standard InChI is InChI=1S/C20H21N5O2S2/c1-14-11-28-12-20(14)29(26,27)23-17-6-16-5-15(7-21)3-4-19(16)25(9-17)10-18-8-22-13-24(18)2/h3-5,8,11-13,17,23H,6,9-10H2,1-2H3. The van der Waals surface area contributed by atoms with Crippen LogP contribution in [0.3, 0.4) is 0 Å². The summed E-state index contributed by atoms with van der Waals surface area (Å²) in [6.07, 6.45) is 4.10. The number of hydrogen-bond donors (Lipinski definition) is 1. The number of aryl methyl sites for hydroxylation is 2. The molecule has 1 aliphatic heterocycles. The first-order valence-electron chi connectivity index (χ1n) is 9.15. The van der Waals surface area contributed by atoms with E-state index in [-0.39, 0.29) is 6.04 Å². The minimum atomic E-state index is -3.61. The minimum absolute atomic E-state index is 0.297. The fourth-order valence-electron chi connectivity index (χ4n) is 3.69. The van der Waals surface area contributed by atoms with Gasteiger partial charge >= 0.3 is 0 Å². The number of hydrogen-bond acceptors (Lipinski definition) is 6. The number of aromatic nitrogens is 2. The Morgan fingerprint density at radius 1 is 1.38 bits per heavy atom. The number of fused-ring (bicyclic) bond motifs is 1. The second kappa shape index (κ2) is 7.63. The quantitative estimate of drug-likeness (QED) is 0.676. The van der Waals surface area contributed by atoms with Crippen LogP contribution in [0.25, 0.3) is 0 Å². The monoisotopic (exact) mass is 427 g/mol. The molecular formula is C20H21N5O2S2. The van der Waals surface area contributed by atoms with Gasteiger partial charge in [-0.1, -0.05) is 0 Å². The number of nitrogens with one attached hydrogen (secondary N) is 1. The van der Waals surface area contributed by atoms with E-state index < -0.39 is 10.0 Å². The molecule has 1 N–H and O–H groups in total. The SMILES string of the molecule is Cc1cscc1S(=O)(=O)NC1Cc2cc(C#N)ccc2N(Cc2cncn2C)C1. The average molecular weight is 428 g/mol. The van der Waals surface area contributed by atoms with Crippen LogP contribution < -0.4 is 9.62 Å². The topological polar surface area (TPSA) is 91.0 Å². The summed E-state index contributed by atoms with van der Waals surface area (Å²) in [5.41, 5.74) is 4.33. The maximum absolute atomic E-state index is 12.9. The summed E-state index contributed by atoms with van der Waals surface area (Å²) < 4.78 is 30.6. The van der Waals surface area contributed by atoms with Gasteiger partial charge in [-0.2, -0.15) is 16.6 Å². The highest BCUT2D eigenvalue weighted by Crippen LogP contribution is 2.30. The summed E-state index contributed by atoms with van der Waals surface area (Å²) in [7, 11) is -1.67. The number of sulfonamides is 1. The van der Waals surface area contributed by atoms with E-state index in [4.69, 9.17) is 0 Å². The number of anilines is 1. The summed E-state index contributed by atoms with van der Waals surface area (Å²) in [5, 5.41) is 12.8. The lowest BCUT2D eigenvalue weighted by Crippen LogP contribution is -2.48. The lowest BCUT2D eigenvalue weighted by atomic mass is 9.96. The molecule has 1 aromatic carbocycles. The molecule has 0 saturated carbocycles. The number of rotatable bonds is 5. The van der Waals surface area contributed by atoms with Crippen molar-refractivity contribution < 1.29 is 8.42 Å². The summed E-state index contributed by atoms with van der Waals surface area (Å²) in [5.74, 6) is 0. The maximum atomic E-state index is 12.9. The molecule has 0 aliphatic carbocycles. The zero-order valence-electron chi connectivity index (χ0n) is 16.2. The summed E-state index contributed by atoms with van der Waals surface area (Å²) in [4.78, 5) is 6.65. The Kier molecular flexibility index (Phi) is 5.17. The molecule has 4 rings (SSSR count). The van der Waals surface area contributed by atoms with Crippen molar-refractivity contribution in [1.82, 2.24) is 14.3 Å². The second-order valence-electron chi connectivity index (χ2n) is 7.27. The van der Waals surface area contributed by atoms with Crippen molar-refractivity contribution >= 4 is 27.0 Å². The van der Waals surface area contributed by atoms with Gasteiger partial charge in [0.05, 0.1) is 35.1 Å². The summed E-state index contributed by atoms with van der Waals surface area (Å²) in [6.45, 7) is 2.94. The molecule has 9 heteroatoms. The normalized spacial score (nSPS) is 16.4. The molecule has 0 bridgehead atoms. The van der Waals surface area contributed by atoms with Crippen LogP contribution >= 0.6 is 11.3 Å². The van der Waals surface area contributed by atoms with Crippen molar-refractivity contribution in [2.75, 3.05) is 11.4 Å². The molecule has 0 radical (unpaired) electrons. The molecule has 0 fully saturated rings. The molecule has 7 nitrogen and oxygen atoms in total. The fourth-order valence-corrected chi connectivity index (χ4v) is 6.35. The van der Waals surface area contributed by atoms with Crippen LogP contribution in [0.1, 0.15) is 22.4 Å². The molecule has 2 aromatic heterocycles. The fraction of sp³-hybridized carbons (Fsp3) is 0.300. The van der Waals surface area contributed by atoms with E-state index >= 15 is 0 Å². The van der Waals surface area contributed by atoms with Gasteiger partial charge in [-0.3, -0.25) is 0 Å². The zero-order valence-corrected chi connectivity index (χ0v) is 17.8. The molecule has 29 heavy (non-hydrogen) atoms. The Labute approximate surface area is 174 Å². The van der Waals surface area contributed by atoms with Crippen LogP contribution in [-0.2, 0) is 30.0 Å². The van der Waals surface area contributed by atoms with E-state index in [0.29, 0.717) is 30.0 Å². The van der Waals surface area contributed by atoms with Crippen molar-refractivity contribution in [3.05, 3.63) is 63.9 Å². The third kappa shape index (κ3) is 3.92. The van der Waals surface area contributed by atoms with E-state index in [1.54, 1.807) is 24.7 Å². The van der Waals surface area contributed by atoms with Gasteiger partial charge in [-0.25, -0.2) is 18.1 Å². The maximum Gasteiger partial charge on any atom is 0.241 e. The Morgan fingerprint density at radius 3 is 2.86 bits per heavy atom. The number of nitriles is 1. The number of benzene rings is 1. The molecule has 0 saturated heterocycles. The van der Waals surface area contributed by atoms with Gasteiger partial charge in [-0.15, -0.1) is 0 Å². The first-order valence-corrected chi connectivity index (χ1v) is 11.6. The molecule has 150 valence electrons. The summed E-state index contributed by atoms with van der Waals surface area (Å²) in [6, 6.07) is 7.46. The highest BCUT2D eigenvalue weighted by atomic mass is 32.2. The van der Waals surface area contributed by atoms with E-state index in [1.165, 1.54) is 11.3 Å². The van der Waals surface area contributed by atoms with Crippen LogP contribution in [0, 0.1) is 18.3 Å². The van der Waals surface area contributed by atoms with Crippen LogP contribution in [-0.4, -0.2) is 30.6 Å². The third-order valence-electron chi connectivity index (χ3n) is 5.15. The lowest BCUT2D eigenvalue weighted by Gasteiger charge is -2.36. The van der Waals surface area contributed by atoms with Crippen LogP contribution in [0.5, 0.6) is 0 Å². The Bertz CT molecular complexity index is 1190. The zero-order chi connectivity index (χ0) is 20.6. The predicted molar refractivity (Wildman–Crippen MR) is 112 cm³/mol. The van der Waals surface area contributed by atoms with Crippen molar-refractivity contribution in [2.24, 2.45) is 7.05 Å². The van der Waals surface area contributed by atoms with Gasteiger partial charge in [0.25, 0.3) is 0 Å². The van der Waals surface area contributed by atoms with Gasteiger partial charge in [0.2, 0.25) is 10.0 Å². The highest BCUT2D eigenvalue weighted by molar-refractivity contribution is 7.89. The lowest BCUT2D eigenvalue weighted by molar-refractivity contribution is 0.522. The highest BCUT2D eigenvalue weighted by Gasteiger charge is 2.29. The van der Waals surface area contributed by atoms with E-state index in [2.05, 4.69) is 20.7 Å². The van der Waals surface area contributed by atoms with E-state index in [1.807, 2.05) is 35.3 Å². The minimum Gasteiger partial charge on any atom is -0.364 e. The van der Waals surface area contributed by atoms with E-state index in [9.17, 15) is 13.7 Å². The molecule has 1 aliphatic rings. The van der Waals surface area contributed by atoms with Gasteiger partial charge in [0.1, 0.15) is 0 Å². The average Bonchev–Trinajstić information content (AvgIpc) is 3.29. The second-order valence-corrected chi connectivity index (χ2v) is 9.70. The van der Waals surface area contributed by atoms with E-state index in [0.717, 1.165) is 22.5 Å².